The van der Waals surface area contributed by atoms with Crippen LogP contribution >= 0.6 is 27.5 Å². The Balaban J connectivity index is 2.40. The fraction of sp³-hybridized carbons (Fsp3) is 0.400. The van der Waals surface area contributed by atoms with Crippen LogP contribution in [0, 0.1) is 5.82 Å². The smallest absolute Gasteiger partial charge is 0.149 e. The molecule has 0 radical (unpaired) electrons. The van der Waals surface area contributed by atoms with Gasteiger partial charge in [0.25, 0.3) is 0 Å². The molecular weight excluding hydrogens is 268 g/mol. The third-order valence-corrected chi connectivity index (χ3v) is 3.23. The normalized spacial score (nSPS) is 16.4. The minimum absolute atomic E-state index is 0.244. The maximum atomic E-state index is 13.6. The van der Waals surface area contributed by atoms with Crippen LogP contribution in [-0.4, -0.2) is 13.1 Å². The van der Waals surface area contributed by atoms with E-state index in [1.807, 2.05) is 0 Å². The van der Waals surface area contributed by atoms with Gasteiger partial charge in [-0.25, -0.2) is 4.39 Å². The van der Waals surface area contributed by atoms with Crippen molar-refractivity contribution in [2.75, 3.05) is 18.0 Å². The molecule has 14 heavy (non-hydrogen) atoms. The van der Waals surface area contributed by atoms with E-state index in [1.165, 1.54) is 6.07 Å². The monoisotopic (exact) mass is 277 g/mol. The molecule has 0 N–H and O–H groups in total. The summed E-state index contributed by atoms with van der Waals surface area (Å²) >= 11 is 9.08. The zero-order valence-corrected chi connectivity index (χ0v) is 9.91. The molecule has 0 amide bonds. The van der Waals surface area contributed by atoms with Crippen LogP contribution in [0.3, 0.4) is 0 Å². The Morgan fingerprint density at radius 3 is 2.50 bits per heavy atom. The van der Waals surface area contributed by atoms with Gasteiger partial charge in [-0.05, 0) is 40.9 Å². The van der Waals surface area contributed by atoms with Gasteiger partial charge in [0.1, 0.15) is 5.82 Å². The van der Waals surface area contributed by atoms with E-state index >= 15 is 0 Å². The maximum Gasteiger partial charge on any atom is 0.149 e. The molecule has 1 aromatic rings. The van der Waals surface area contributed by atoms with Gasteiger partial charge < -0.3 is 4.90 Å². The highest BCUT2D eigenvalue weighted by Crippen LogP contribution is 2.34. The summed E-state index contributed by atoms with van der Waals surface area (Å²) in [6, 6.07) is 3.10. The number of rotatable bonds is 1. The number of anilines is 1. The number of hydrogen-bond donors (Lipinski definition) is 0. The second kappa shape index (κ2) is 4.07. The van der Waals surface area contributed by atoms with Crippen molar-refractivity contribution >= 4 is 33.2 Å². The average Bonchev–Trinajstić information content (AvgIpc) is 2.54. The molecule has 1 nitrogen and oxygen atoms in total. The van der Waals surface area contributed by atoms with Crippen molar-refractivity contribution in [1.29, 1.82) is 0 Å². The topological polar surface area (TPSA) is 3.24 Å². The Morgan fingerprint density at radius 2 is 1.93 bits per heavy atom. The molecule has 0 aliphatic carbocycles. The molecule has 2 rings (SSSR count). The number of hydrogen-bond acceptors (Lipinski definition) is 1. The lowest BCUT2D eigenvalue weighted by Crippen LogP contribution is -2.19. The van der Waals surface area contributed by atoms with Crippen LogP contribution in [0.1, 0.15) is 12.8 Å². The summed E-state index contributed by atoms with van der Waals surface area (Å²) < 4.78 is 14.3. The first-order valence-electron chi connectivity index (χ1n) is 4.58. The van der Waals surface area contributed by atoms with Crippen LogP contribution in [-0.2, 0) is 0 Å². The molecule has 76 valence electrons. The zero-order chi connectivity index (χ0) is 10.1. The Bertz CT molecular complexity index is 327. The van der Waals surface area contributed by atoms with Gasteiger partial charge in [0.15, 0.2) is 0 Å². The van der Waals surface area contributed by atoms with E-state index in [0.717, 1.165) is 30.4 Å². The third kappa shape index (κ3) is 1.89. The predicted octanol–water partition coefficient (Wildman–Crippen LogP) is 3.84. The Morgan fingerprint density at radius 1 is 1.29 bits per heavy atom. The van der Waals surface area contributed by atoms with E-state index in [9.17, 15) is 4.39 Å². The molecule has 1 fully saturated rings. The van der Waals surface area contributed by atoms with Crippen LogP contribution in [0.4, 0.5) is 10.1 Å². The van der Waals surface area contributed by atoms with Crippen molar-refractivity contribution in [1.82, 2.24) is 0 Å². The van der Waals surface area contributed by atoms with Gasteiger partial charge in [0.05, 0.1) is 5.69 Å². The molecule has 1 heterocycles. The van der Waals surface area contributed by atoms with Crippen molar-refractivity contribution in [2.45, 2.75) is 12.8 Å². The lowest BCUT2D eigenvalue weighted by atomic mass is 10.3. The minimum atomic E-state index is -0.244. The maximum absolute atomic E-state index is 13.6. The fourth-order valence-corrected chi connectivity index (χ4v) is 2.80. The summed E-state index contributed by atoms with van der Waals surface area (Å²) in [5.41, 5.74) is 0.645. The highest BCUT2D eigenvalue weighted by atomic mass is 79.9. The van der Waals surface area contributed by atoms with Crippen molar-refractivity contribution in [3.63, 3.8) is 0 Å². The lowest BCUT2D eigenvalue weighted by Gasteiger charge is -2.20. The number of halogens is 3. The molecule has 0 atom stereocenters. The SMILES string of the molecule is Fc1cc(Cl)cc(Br)c1N1CCCC1. The molecule has 1 aliphatic heterocycles. The first-order chi connectivity index (χ1) is 6.68. The summed E-state index contributed by atoms with van der Waals surface area (Å²) in [7, 11) is 0. The van der Waals surface area contributed by atoms with Crippen molar-refractivity contribution in [2.24, 2.45) is 0 Å². The molecule has 1 aliphatic rings. The van der Waals surface area contributed by atoms with Crippen molar-refractivity contribution in [3.05, 3.63) is 27.4 Å². The van der Waals surface area contributed by atoms with Crippen LogP contribution < -0.4 is 4.90 Å². The lowest BCUT2D eigenvalue weighted by molar-refractivity contribution is 0.622. The van der Waals surface area contributed by atoms with Crippen molar-refractivity contribution in [3.8, 4) is 0 Å². The molecular formula is C10H10BrClFN. The van der Waals surface area contributed by atoms with Crippen molar-refractivity contribution < 1.29 is 4.39 Å². The summed E-state index contributed by atoms with van der Waals surface area (Å²) in [6.45, 7) is 1.86. The fourth-order valence-electron chi connectivity index (χ4n) is 1.78. The number of nitrogens with zero attached hydrogens (tertiary/aromatic N) is 1. The van der Waals surface area contributed by atoms with Gasteiger partial charge in [0, 0.05) is 22.6 Å². The van der Waals surface area contributed by atoms with E-state index in [1.54, 1.807) is 6.07 Å². The molecule has 0 spiro atoms. The highest BCUT2D eigenvalue weighted by Gasteiger charge is 2.19. The van der Waals surface area contributed by atoms with Gasteiger partial charge in [-0.2, -0.15) is 0 Å². The Hall–Kier alpha value is -0.280. The van der Waals surface area contributed by atoms with E-state index in [4.69, 9.17) is 11.6 Å². The predicted molar refractivity (Wildman–Crippen MR) is 60.6 cm³/mol. The second-order valence-corrected chi connectivity index (χ2v) is 4.70. The standard InChI is InChI=1S/C10H10BrClFN/c11-8-5-7(12)6-9(13)10(8)14-3-1-2-4-14/h5-6H,1-4H2. The zero-order valence-electron chi connectivity index (χ0n) is 7.56. The Labute approximate surface area is 96.0 Å². The quantitative estimate of drug-likeness (QED) is 0.754. The van der Waals surface area contributed by atoms with Crippen LogP contribution in [0.15, 0.2) is 16.6 Å². The molecule has 0 aromatic heterocycles. The summed E-state index contributed by atoms with van der Waals surface area (Å²) in [5.74, 6) is -0.244. The van der Waals surface area contributed by atoms with Crippen LogP contribution in [0.5, 0.6) is 0 Å². The Kier molecular flexibility index (Phi) is 2.98. The molecule has 1 aromatic carbocycles. The number of benzene rings is 1. The summed E-state index contributed by atoms with van der Waals surface area (Å²) in [6.07, 6.45) is 2.27. The first-order valence-corrected chi connectivity index (χ1v) is 5.75. The first kappa shape index (κ1) is 10.2. The van der Waals surface area contributed by atoms with Gasteiger partial charge >= 0.3 is 0 Å². The minimum Gasteiger partial charge on any atom is -0.368 e. The van der Waals surface area contributed by atoms with Gasteiger partial charge in [0.2, 0.25) is 0 Å². The average molecular weight is 279 g/mol. The van der Waals surface area contributed by atoms with E-state index < -0.39 is 0 Å². The van der Waals surface area contributed by atoms with Gasteiger partial charge in [-0.1, -0.05) is 11.6 Å². The van der Waals surface area contributed by atoms with Crippen LogP contribution in [0.2, 0.25) is 5.02 Å². The summed E-state index contributed by atoms with van der Waals surface area (Å²) in [5, 5.41) is 0.428. The second-order valence-electron chi connectivity index (χ2n) is 3.41. The summed E-state index contributed by atoms with van der Waals surface area (Å²) in [4.78, 5) is 2.05. The molecule has 4 heteroatoms. The van der Waals surface area contributed by atoms with Crippen LogP contribution in [0.25, 0.3) is 0 Å². The molecule has 1 saturated heterocycles. The van der Waals surface area contributed by atoms with E-state index in [2.05, 4.69) is 20.8 Å². The molecule has 0 unspecified atom stereocenters. The van der Waals surface area contributed by atoms with Gasteiger partial charge in [-0.3, -0.25) is 0 Å². The highest BCUT2D eigenvalue weighted by molar-refractivity contribution is 9.10. The van der Waals surface area contributed by atoms with E-state index in [0.29, 0.717) is 10.7 Å². The van der Waals surface area contributed by atoms with E-state index in [-0.39, 0.29) is 5.82 Å². The van der Waals surface area contributed by atoms with Gasteiger partial charge in [-0.15, -0.1) is 0 Å². The largest absolute Gasteiger partial charge is 0.368 e. The molecule has 0 bridgehead atoms. The third-order valence-electron chi connectivity index (χ3n) is 2.40. The molecule has 0 saturated carbocycles.